The minimum atomic E-state index is -4.66. The molecule has 7 heteroatoms. The number of hydrogen-bond acceptors (Lipinski definition) is 3. The van der Waals surface area contributed by atoms with Crippen molar-refractivity contribution >= 4 is 11.8 Å². The molecule has 23 heavy (non-hydrogen) atoms. The van der Waals surface area contributed by atoms with Gasteiger partial charge in [0.2, 0.25) is 0 Å². The van der Waals surface area contributed by atoms with E-state index in [-0.39, 0.29) is 10.7 Å². The van der Waals surface area contributed by atoms with Crippen molar-refractivity contribution in [2.75, 3.05) is 5.75 Å². The highest BCUT2D eigenvalue weighted by molar-refractivity contribution is 7.99. The van der Waals surface area contributed by atoms with Gasteiger partial charge in [-0.1, -0.05) is 6.92 Å². The first kappa shape index (κ1) is 17.3. The van der Waals surface area contributed by atoms with Crippen LogP contribution in [0.4, 0.5) is 17.6 Å². The van der Waals surface area contributed by atoms with E-state index in [2.05, 4.69) is 4.98 Å². The van der Waals surface area contributed by atoms with Gasteiger partial charge in [0.05, 0.1) is 16.8 Å². The number of pyridine rings is 1. The van der Waals surface area contributed by atoms with Gasteiger partial charge in [-0.15, -0.1) is 11.8 Å². The van der Waals surface area contributed by atoms with Crippen LogP contribution in [0.2, 0.25) is 0 Å². The van der Waals surface area contributed by atoms with Crippen molar-refractivity contribution in [1.82, 2.24) is 4.98 Å². The Hall–Kier alpha value is -2.07. The number of benzene rings is 1. The zero-order valence-electron chi connectivity index (χ0n) is 12.1. The summed E-state index contributed by atoms with van der Waals surface area (Å²) in [5.41, 5.74) is -1.07. The fraction of sp³-hybridized carbons (Fsp3) is 0.250. The summed E-state index contributed by atoms with van der Waals surface area (Å²) < 4.78 is 52.7. The quantitative estimate of drug-likeness (QED) is 0.561. The Morgan fingerprint density at radius 2 is 1.87 bits per heavy atom. The fourth-order valence-corrected chi connectivity index (χ4v) is 2.79. The van der Waals surface area contributed by atoms with Crippen LogP contribution in [0.1, 0.15) is 24.5 Å². The number of hydrogen-bond donors (Lipinski definition) is 0. The number of rotatable bonds is 4. The molecule has 0 atom stereocenters. The van der Waals surface area contributed by atoms with Crippen LogP contribution in [-0.2, 0) is 6.18 Å². The Balaban J connectivity index is 2.64. The van der Waals surface area contributed by atoms with E-state index in [9.17, 15) is 17.6 Å². The topological polar surface area (TPSA) is 36.7 Å². The molecule has 120 valence electrons. The SMILES string of the molecule is CCCSc1nc(-c2ccc(F)cc2)cc(C(F)(F)F)c1C#N. The highest BCUT2D eigenvalue weighted by Gasteiger charge is 2.36. The lowest BCUT2D eigenvalue weighted by atomic mass is 10.1. The number of aromatic nitrogens is 1. The third-order valence-electron chi connectivity index (χ3n) is 2.99. The Labute approximate surface area is 135 Å². The lowest BCUT2D eigenvalue weighted by Crippen LogP contribution is -2.10. The van der Waals surface area contributed by atoms with Gasteiger partial charge < -0.3 is 0 Å². The number of alkyl halides is 3. The normalized spacial score (nSPS) is 11.3. The molecule has 0 unspecified atom stereocenters. The lowest BCUT2D eigenvalue weighted by molar-refractivity contribution is -0.138. The van der Waals surface area contributed by atoms with Gasteiger partial charge in [0, 0.05) is 5.56 Å². The molecule has 0 saturated carbocycles. The average Bonchev–Trinajstić information content (AvgIpc) is 2.51. The largest absolute Gasteiger partial charge is 0.417 e. The Morgan fingerprint density at radius 3 is 2.39 bits per heavy atom. The smallest absolute Gasteiger partial charge is 0.240 e. The monoisotopic (exact) mass is 340 g/mol. The van der Waals surface area contributed by atoms with Crippen LogP contribution in [0, 0.1) is 17.1 Å². The Bertz CT molecular complexity index is 733. The van der Waals surface area contributed by atoms with Crippen molar-refractivity contribution < 1.29 is 17.6 Å². The minimum Gasteiger partial charge on any atom is -0.240 e. The van der Waals surface area contributed by atoms with Crippen LogP contribution in [-0.4, -0.2) is 10.7 Å². The van der Waals surface area contributed by atoms with Crippen molar-refractivity contribution in [3.05, 3.63) is 47.3 Å². The van der Waals surface area contributed by atoms with Gasteiger partial charge in [-0.3, -0.25) is 0 Å². The fourth-order valence-electron chi connectivity index (χ4n) is 1.92. The van der Waals surface area contributed by atoms with Crippen LogP contribution < -0.4 is 0 Å². The number of thioether (sulfide) groups is 1. The third-order valence-corrected chi connectivity index (χ3v) is 4.17. The van der Waals surface area contributed by atoms with Gasteiger partial charge in [-0.05, 0) is 42.5 Å². The molecule has 0 fully saturated rings. The van der Waals surface area contributed by atoms with E-state index in [0.29, 0.717) is 11.3 Å². The molecule has 0 aliphatic heterocycles. The molecule has 1 aromatic heterocycles. The molecular weight excluding hydrogens is 328 g/mol. The van der Waals surface area contributed by atoms with Crippen molar-refractivity contribution in [3.63, 3.8) is 0 Å². The molecule has 0 saturated heterocycles. The van der Waals surface area contributed by atoms with E-state index < -0.39 is 23.1 Å². The minimum absolute atomic E-state index is 0.0449. The first-order valence-corrected chi connectivity index (χ1v) is 7.76. The summed E-state index contributed by atoms with van der Waals surface area (Å²) in [5.74, 6) is 0.0605. The molecule has 0 N–H and O–H groups in total. The van der Waals surface area contributed by atoms with Gasteiger partial charge in [0.1, 0.15) is 16.9 Å². The summed E-state index contributed by atoms with van der Waals surface area (Å²) in [6, 6.07) is 7.47. The number of nitrogens with zero attached hydrogens (tertiary/aromatic N) is 2. The predicted octanol–water partition coefficient (Wildman–Crippen LogP) is 5.28. The molecule has 2 nitrogen and oxygen atoms in total. The molecule has 1 heterocycles. The van der Waals surface area contributed by atoms with Crippen molar-refractivity contribution in [2.45, 2.75) is 24.5 Å². The average molecular weight is 340 g/mol. The van der Waals surface area contributed by atoms with Crippen LogP contribution in [0.3, 0.4) is 0 Å². The van der Waals surface area contributed by atoms with Crippen molar-refractivity contribution in [1.29, 1.82) is 5.26 Å². The number of nitriles is 1. The van der Waals surface area contributed by atoms with Crippen LogP contribution >= 0.6 is 11.8 Å². The first-order chi connectivity index (χ1) is 10.9. The maximum Gasteiger partial charge on any atom is 0.417 e. The van der Waals surface area contributed by atoms with Crippen molar-refractivity contribution in [3.8, 4) is 17.3 Å². The molecule has 0 aliphatic rings. The highest BCUT2D eigenvalue weighted by atomic mass is 32.2. The standard InChI is InChI=1S/C16H12F4N2S/c1-2-7-23-15-12(9-21)13(16(18,19)20)8-14(22-15)10-3-5-11(17)6-4-10/h3-6,8H,2,7H2,1H3. The highest BCUT2D eigenvalue weighted by Crippen LogP contribution is 2.38. The van der Waals surface area contributed by atoms with Crippen LogP contribution in [0.5, 0.6) is 0 Å². The van der Waals surface area contributed by atoms with Gasteiger partial charge in [0.15, 0.2) is 0 Å². The second-order valence-corrected chi connectivity index (χ2v) is 5.78. The summed E-state index contributed by atoms with van der Waals surface area (Å²) in [7, 11) is 0. The van der Waals surface area contributed by atoms with E-state index in [1.807, 2.05) is 6.92 Å². The zero-order chi connectivity index (χ0) is 17.0. The van der Waals surface area contributed by atoms with Gasteiger partial charge in [-0.25, -0.2) is 9.37 Å². The van der Waals surface area contributed by atoms with Crippen molar-refractivity contribution in [2.24, 2.45) is 0 Å². The van der Waals surface area contributed by atoms with E-state index in [0.717, 1.165) is 36.4 Å². The van der Waals surface area contributed by atoms with Gasteiger partial charge in [-0.2, -0.15) is 18.4 Å². The Kier molecular flexibility index (Phi) is 5.26. The van der Waals surface area contributed by atoms with Gasteiger partial charge >= 0.3 is 6.18 Å². The second kappa shape index (κ2) is 7.01. The van der Waals surface area contributed by atoms with E-state index >= 15 is 0 Å². The second-order valence-electron chi connectivity index (χ2n) is 4.70. The summed E-state index contributed by atoms with van der Waals surface area (Å²) in [4.78, 5) is 4.17. The van der Waals surface area contributed by atoms with E-state index in [4.69, 9.17) is 5.26 Å². The van der Waals surface area contributed by atoms with E-state index in [1.165, 1.54) is 12.1 Å². The number of halogens is 4. The predicted molar refractivity (Wildman–Crippen MR) is 80.4 cm³/mol. The zero-order valence-corrected chi connectivity index (χ0v) is 12.9. The molecule has 0 amide bonds. The summed E-state index contributed by atoms with van der Waals surface area (Å²) >= 11 is 1.11. The molecule has 2 rings (SSSR count). The molecule has 0 radical (unpaired) electrons. The molecule has 0 bridgehead atoms. The summed E-state index contributed by atoms with van der Waals surface area (Å²) in [5, 5.41) is 9.15. The van der Waals surface area contributed by atoms with Crippen LogP contribution in [0.25, 0.3) is 11.3 Å². The third kappa shape index (κ3) is 4.02. The van der Waals surface area contributed by atoms with Crippen LogP contribution in [0.15, 0.2) is 35.4 Å². The maximum atomic E-state index is 13.2. The summed E-state index contributed by atoms with van der Waals surface area (Å²) in [6.07, 6.45) is -3.93. The van der Waals surface area contributed by atoms with E-state index in [1.54, 1.807) is 6.07 Å². The Morgan fingerprint density at radius 1 is 1.22 bits per heavy atom. The van der Waals surface area contributed by atoms with Gasteiger partial charge in [0.25, 0.3) is 0 Å². The molecule has 0 aliphatic carbocycles. The molecule has 2 aromatic rings. The molecule has 1 aromatic carbocycles. The maximum absolute atomic E-state index is 13.2. The first-order valence-electron chi connectivity index (χ1n) is 6.78. The lowest BCUT2D eigenvalue weighted by Gasteiger charge is -2.14. The molecule has 0 spiro atoms. The summed E-state index contributed by atoms with van der Waals surface area (Å²) in [6.45, 7) is 1.88. The molecular formula is C16H12F4N2S.